The molecule has 3 rings (SSSR count). The highest BCUT2D eigenvalue weighted by molar-refractivity contribution is 6.25. The maximum atomic E-state index is 12.7. The van der Waals surface area contributed by atoms with E-state index in [9.17, 15) is 4.79 Å². The van der Waals surface area contributed by atoms with E-state index in [4.69, 9.17) is 21.3 Å². The number of amides is 1. The zero-order chi connectivity index (χ0) is 19.4. The first-order chi connectivity index (χ1) is 13.0. The van der Waals surface area contributed by atoms with Gasteiger partial charge in [-0.1, -0.05) is 0 Å². The number of carbonyl (C=O) groups excluding carboxylic acids is 1. The molecule has 3 aromatic rings. The predicted molar refractivity (Wildman–Crippen MR) is 103 cm³/mol. The van der Waals surface area contributed by atoms with Crippen molar-refractivity contribution in [1.82, 2.24) is 9.97 Å². The number of nitrogens with one attached hydrogen (secondary N) is 2. The Morgan fingerprint density at radius 1 is 1.26 bits per heavy atom. The fraction of sp³-hybridized carbons (Fsp3) is 0.0526. The third-order valence-corrected chi connectivity index (χ3v) is 3.83. The fourth-order valence-electron chi connectivity index (χ4n) is 2.53. The first-order valence-electron chi connectivity index (χ1n) is 8.02. The lowest BCUT2D eigenvalue weighted by molar-refractivity contribution is -0.111. The summed E-state index contributed by atoms with van der Waals surface area (Å²) in [5.41, 5.74) is 14.9. The molecule has 1 aromatic carbocycles. The van der Waals surface area contributed by atoms with Gasteiger partial charge in [-0.05, 0) is 31.2 Å². The molecule has 27 heavy (non-hydrogen) atoms. The Morgan fingerprint density at radius 2 is 2.07 bits per heavy atom. The Morgan fingerprint density at radius 3 is 2.70 bits per heavy atom. The van der Waals surface area contributed by atoms with Crippen LogP contribution in [0.1, 0.15) is 23.7 Å². The zero-order valence-electron chi connectivity index (χ0n) is 14.6. The van der Waals surface area contributed by atoms with Crippen molar-refractivity contribution in [3.63, 3.8) is 0 Å². The monoisotopic (exact) mass is 362 g/mol. The van der Waals surface area contributed by atoms with Gasteiger partial charge in [0, 0.05) is 40.6 Å². The van der Waals surface area contributed by atoms with Crippen molar-refractivity contribution in [2.45, 2.75) is 6.92 Å². The zero-order valence-corrected chi connectivity index (χ0v) is 14.6. The van der Waals surface area contributed by atoms with Crippen LogP contribution in [-0.4, -0.2) is 21.6 Å². The number of allylic oxidation sites excluding steroid dienone is 1. The van der Waals surface area contributed by atoms with Gasteiger partial charge in [-0.3, -0.25) is 20.2 Å². The number of furan rings is 1. The molecular formula is C19H18N6O2. The standard InChI is InChI=1S/C19H18N6O2/c1-11(20)17(16-9-23-5-6-24-16)19(26)25-13-2-3-15(21)14(8-13)18(22)12-4-7-27-10-12/h2-10,22H,20-21H2,1H3,(H,25,26)/b17-11+,22-18?. The van der Waals surface area contributed by atoms with Crippen LogP contribution in [0.5, 0.6) is 0 Å². The minimum Gasteiger partial charge on any atom is -0.472 e. The highest BCUT2D eigenvalue weighted by Crippen LogP contribution is 2.23. The maximum Gasteiger partial charge on any atom is 0.259 e. The average molecular weight is 362 g/mol. The smallest absolute Gasteiger partial charge is 0.259 e. The molecule has 0 spiro atoms. The second-order valence-electron chi connectivity index (χ2n) is 5.79. The van der Waals surface area contributed by atoms with Crippen molar-refractivity contribution in [3.8, 4) is 0 Å². The summed E-state index contributed by atoms with van der Waals surface area (Å²) in [6.45, 7) is 1.62. The van der Waals surface area contributed by atoms with Crippen LogP contribution in [0.4, 0.5) is 11.4 Å². The van der Waals surface area contributed by atoms with E-state index in [1.807, 2.05) is 0 Å². The summed E-state index contributed by atoms with van der Waals surface area (Å²) in [5, 5.41) is 11.1. The number of anilines is 2. The molecule has 8 nitrogen and oxygen atoms in total. The van der Waals surface area contributed by atoms with Crippen molar-refractivity contribution in [2.24, 2.45) is 5.73 Å². The highest BCUT2D eigenvalue weighted by Gasteiger charge is 2.17. The van der Waals surface area contributed by atoms with Crippen LogP contribution in [0.15, 0.2) is 65.5 Å². The lowest BCUT2D eigenvalue weighted by Crippen LogP contribution is -2.18. The highest BCUT2D eigenvalue weighted by atomic mass is 16.3. The van der Waals surface area contributed by atoms with E-state index in [0.29, 0.717) is 33.9 Å². The summed E-state index contributed by atoms with van der Waals surface area (Å²) in [5.74, 6) is -0.430. The van der Waals surface area contributed by atoms with Crippen LogP contribution in [0.25, 0.3) is 5.57 Å². The van der Waals surface area contributed by atoms with Crippen molar-refractivity contribution in [3.05, 3.63) is 77.9 Å². The quantitative estimate of drug-likeness (QED) is 0.312. The molecule has 8 heteroatoms. The van der Waals surface area contributed by atoms with Crippen LogP contribution in [0, 0.1) is 5.41 Å². The number of hydrogen-bond acceptors (Lipinski definition) is 7. The van der Waals surface area contributed by atoms with Crippen LogP contribution in [0.3, 0.4) is 0 Å². The van der Waals surface area contributed by atoms with Gasteiger partial charge >= 0.3 is 0 Å². The molecule has 0 atom stereocenters. The van der Waals surface area contributed by atoms with E-state index in [1.54, 1.807) is 31.2 Å². The van der Waals surface area contributed by atoms with Crippen LogP contribution in [-0.2, 0) is 4.79 Å². The summed E-state index contributed by atoms with van der Waals surface area (Å²) < 4.78 is 5.01. The molecule has 0 aliphatic rings. The number of hydrogen-bond donors (Lipinski definition) is 4. The topological polar surface area (TPSA) is 144 Å². The molecule has 0 saturated carbocycles. The first kappa shape index (κ1) is 17.9. The Bertz CT molecular complexity index is 1010. The third-order valence-electron chi connectivity index (χ3n) is 3.83. The number of benzene rings is 1. The van der Waals surface area contributed by atoms with Crippen LogP contribution < -0.4 is 16.8 Å². The number of aromatic nitrogens is 2. The number of nitrogen functional groups attached to an aromatic ring is 1. The van der Waals surface area contributed by atoms with E-state index < -0.39 is 5.91 Å². The van der Waals surface area contributed by atoms with Gasteiger partial charge in [0.05, 0.1) is 35.7 Å². The third kappa shape index (κ3) is 3.84. The van der Waals surface area contributed by atoms with Gasteiger partial charge in [0.25, 0.3) is 5.91 Å². The molecule has 2 heterocycles. The molecule has 0 unspecified atom stereocenters. The maximum absolute atomic E-state index is 12.7. The van der Waals surface area contributed by atoms with Gasteiger partial charge in [0.1, 0.15) is 0 Å². The largest absolute Gasteiger partial charge is 0.472 e. The van der Waals surface area contributed by atoms with Crippen molar-refractivity contribution in [2.75, 3.05) is 11.1 Å². The van der Waals surface area contributed by atoms with Gasteiger partial charge in [0.15, 0.2) is 0 Å². The fourth-order valence-corrected chi connectivity index (χ4v) is 2.53. The summed E-state index contributed by atoms with van der Waals surface area (Å²) in [7, 11) is 0. The molecule has 2 aromatic heterocycles. The lowest BCUT2D eigenvalue weighted by Gasteiger charge is -2.12. The van der Waals surface area contributed by atoms with Gasteiger partial charge in [-0.25, -0.2) is 0 Å². The number of rotatable bonds is 5. The van der Waals surface area contributed by atoms with Gasteiger partial charge in [-0.15, -0.1) is 0 Å². The molecule has 0 saturated heterocycles. The van der Waals surface area contributed by atoms with E-state index in [-0.39, 0.29) is 11.3 Å². The van der Waals surface area contributed by atoms with Gasteiger partial charge in [-0.2, -0.15) is 0 Å². The Kier molecular flexibility index (Phi) is 4.98. The van der Waals surface area contributed by atoms with E-state index in [1.165, 1.54) is 31.1 Å². The van der Waals surface area contributed by atoms with Crippen molar-refractivity contribution >= 4 is 28.6 Å². The summed E-state index contributed by atoms with van der Waals surface area (Å²) in [6, 6.07) is 6.57. The molecular weight excluding hydrogens is 344 g/mol. The predicted octanol–water partition coefficient (Wildman–Crippen LogP) is 2.40. The van der Waals surface area contributed by atoms with E-state index in [0.717, 1.165) is 0 Å². The molecule has 1 amide bonds. The normalized spacial score (nSPS) is 11.6. The second kappa shape index (κ2) is 7.52. The van der Waals surface area contributed by atoms with Gasteiger partial charge < -0.3 is 21.2 Å². The molecule has 0 fully saturated rings. The van der Waals surface area contributed by atoms with E-state index in [2.05, 4.69) is 15.3 Å². The SMILES string of the molecule is C/C(N)=C(\C(=O)Nc1ccc(N)c(C(=N)c2ccoc2)c1)c1cnccn1. The number of carbonyl (C=O) groups is 1. The molecule has 6 N–H and O–H groups in total. The summed E-state index contributed by atoms with van der Waals surface area (Å²) in [6.07, 6.45) is 7.40. The average Bonchev–Trinajstić information content (AvgIpc) is 3.18. The van der Waals surface area contributed by atoms with Crippen LogP contribution in [0.2, 0.25) is 0 Å². The molecule has 136 valence electrons. The minimum atomic E-state index is -0.430. The van der Waals surface area contributed by atoms with Gasteiger partial charge in [0.2, 0.25) is 0 Å². The molecule has 0 aliphatic carbocycles. The Hall–Kier alpha value is -3.94. The number of nitrogens with zero attached hydrogens (tertiary/aromatic N) is 2. The summed E-state index contributed by atoms with van der Waals surface area (Å²) in [4.78, 5) is 20.8. The Balaban J connectivity index is 1.89. The summed E-state index contributed by atoms with van der Waals surface area (Å²) >= 11 is 0. The van der Waals surface area contributed by atoms with Crippen molar-refractivity contribution < 1.29 is 9.21 Å². The molecule has 0 radical (unpaired) electrons. The molecule has 0 aliphatic heterocycles. The minimum absolute atomic E-state index is 0.192. The van der Waals surface area contributed by atoms with Crippen LogP contribution >= 0.6 is 0 Å². The lowest BCUT2D eigenvalue weighted by atomic mass is 10.0. The Labute approximate surface area is 155 Å². The number of nitrogens with two attached hydrogens (primary N) is 2. The second-order valence-corrected chi connectivity index (χ2v) is 5.79. The molecule has 0 bridgehead atoms. The van der Waals surface area contributed by atoms with Crippen molar-refractivity contribution in [1.29, 1.82) is 5.41 Å². The van der Waals surface area contributed by atoms with E-state index >= 15 is 0 Å². The first-order valence-corrected chi connectivity index (χ1v) is 8.02.